The van der Waals surface area contributed by atoms with Crippen LogP contribution in [-0.2, 0) is 0 Å². The number of fused-ring (bicyclic) bond motifs is 1. The Morgan fingerprint density at radius 2 is 2.00 bits per heavy atom. The highest BCUT2D eigenvalue weighted by atomic mass is 35.5. The summed E-state index contributed by atoms with van der Waals surface area (Å²) in [5, 5.41) is 14.6. The van der Waals surface area contributed by atoms with Crippen LogP contribution in [-0.4, -0.2) is 34.6 Å². The standard InChI is InChI=1S/C19H23ClN4/c1-19(2,3)24-8-6-15(7-9-24)23-18-13(11-21)12-22-17-5-4-14(20)10-16(17)18/h4-5,10,12,15H,6-9H2,1-3H3,(H,22,23). The van der Waals surface area contributed by atoms with Crippen molar-refractivity contribution in [1.29, 1.82) is 5.26 Å². The van der Waals surface area contributed by atoms with E-state index in [4.69, 9.17) is 11.6 Å². The number of nitrogens with zero attached hydrogens (tertiary/aromatic N) is 3. The minimum Gasteiger partial charge on any atom is -0.381 e. The van der Waals surface area contributed by atoms with Gasteiger partial charge in [0.15, 0.2) is 0 Å². The molecule has 1 aliphatic rings. The van der Waals surface area contributed by atoms with E-state index in [2.05, 4.69) is 42.0 Å². The monoisotopic (exact) mass is 342 g/mol. The molecule has 2 aromatic rings. The number of hydrogen-bond donors (Lipinski definition) is 1. The summed E-state index contributed by atoms with van der Waals surface area (Å²) in [6, 6.07) is 8.22. The number of piperidine rings is 1. The molecule has 1 saturated heterocycles. The summed E-state index contributed by atoms with van der Waals surface area (Å²) >= 11 is 6.15. The van der Waals surface area contributed by atoms with Gasteiger partial charge in [0, 0.05) is 41.3 Å². The number of halogens is 1. The van der Waals surface area contributed by atoms with Gasteiger partial charge in [0.05, 0.1) is 16.8 Å². The Bertz CT molecular complexity index is 780. The van der Waals surface area contributed by atoms with E-state index in [1.807, 2.05) is 18.2 Å². The molecule has 1 aliphatic heterocycles. The molecular formula is C19H23ClN4. The quantitative estimate of drug-likeness (QED) is 0.876. The Balaban J connectivity index is 1.85. The lowest BCUT2D eigenvalue weighted by atomic mass is 9.97. The number of anilines is 1. The predicted molar refractivity (Wildman–Crippen MR) is 99.4 cm³/mol. The average molecular weight is 343 g/mol. The summed E-state index contributed by atoms with van der Waals surface area (Å²) in [6.07, 6.45) is 3.77. The summed E-state index contributed by atoms with van der Waals surface area (Å²) in [6.45, 7) is 8.90. The molecule has 0 saturated carbocycles. The van der Waals surface area contributed by atoms with Gasteiger partial charge in [-0.3, -0.25) is 9.88 Å². The van der Waals surface area contributed by atoms with Crippen LogP contribution in [0.25, 0.3) is 10.9 Å². The van der Waals surface area contributed by atoms with Gasteiger partial charge < -0.3 is 5.32 Å². The lowest BCUT2D eigenvalue weighted by molar-refractivity contribution is 0.106. The van der Waals surface area contributed by atoms with E-state index in [1.54, 1.807) is 6.20 Å². The first-order valence-corrected chi connectivity index (χ1v) is 8.76. The first-order valence-electron chi connectivity index (χ1n) is 8.38. The van der Waals surface area contributed by atoms with Gasteiger partial charge in [-0.25, -0.2) is 0 Å². The zero-order valence-electron chi connectivity index (χ0n) is 14.4. The third-order valence-corrected chi connectivity index (χ3v) is 4.98. The number of rotatable bonds is 2. The third kappa shape index (κ3) is 3.48. The van der Waals surface area contributed by atoms with Crippen LogP contribution in [0.2, 0.25) is 5.02 Å². The fraction of sp³-hybridized carbons (Fsp3) is 0.474. The summed E-state index contributed by atoms with van der Waals surface area (Å²) in [5.74, 6) is 0. The topological polar surface area (TPSA) is 52.0 Å². The van der Waals surface area contributed by atoms with E-state index in [-0.39, 0.29) is 5.54 Å². The Morgan fingerprint density at radius 3 is 2.62 bits per heavy atom. The van der Waals surface area contributed by atoms with E-state index in [1.165, 1.54) is 0 Å². The second-order valence-electron chi connectivity index (χ2n) is 7.40. The number of benzene rings is 1. The number of nitriles is 1. The predicted octanol–water partition coefficient (Wildman–Crippen LogP) is 4.43. The number of pyridine rings is 1. The van der Waals surface area contributed by atoms with E-state index in [9.17, 15) is 5.26 Å². The Morgan fingerprint density at radius 1 is 1.29 bits per heavy atom. The molecule has 0 radical (unpaired) electrons. The molecule has 5 heteroatoms. The van der Waals surface area contributed by atoms with Crippen molar-refractivity contribution in [1.82, 2.24) is 9.88 Å². The zero-order valence-corrected chi connectivity index (χ0v) is 15.2. The van der Waals surface area contributed by atoms with Crippen LogP contribution in [0, 0.1) is 11.3 Å². The summed E-state index contributed by atoms with van der Waals surface area (Å²) < 4.78 is 0. The highest BCUT2D eigenvalue weighted by Gasteiger charge is 2.27. The number of hydrogen-bond acceptors (Lipinski definition) is 4. The SMILES string of the molecule is CC(C)(C)N1CCC(Nc2c(C#N)cnc3ccc(Cl)cc23)CC1. The van der Waals surface area contributed by atoms with Crippen LogP contribution < -0.4 is 5.32 Å². The van der Waals surface area contributed by atoms with Crippen LogP contribution in [0.4, 0.5) is 5.69 Å². The van der Waals surface area contributed by atoms with Crippen LogP contribution in [0.15, 0.2) is 24.4 Å². The molecule has 0 unspecified atom stereocenters. The molecule has 1 aromatic heterocycles. The molecule has 2 heterocycles. The molecule has 0 bridgehead atoms. The fourth-order valence-corrected chi connectivity index (χ4v) is 3.48. The van der Waals surface area contributed by atoms with Gasteiger partial charge in [-0.05, 0) is 51.8 Å². The molecule has 1 N–H and O–H groups in total. The molecule has 3 rings (SSSR count). The summed E-state index contributed by atoms with van der Waals surface area (Å²) in [4.78, 5) is 6.87. The van der Waals surface area contributed by atoms with Crippen LogP contribution in [0.1, 0.15) is 39.2 Å². The van der Waals surface area contributed by atoms with E-state index in [0.717, 1.165) is 42.5 Å². The Kier molecular flexibility index (Phi) is 4.67. The minimum atomic E-state index is 0.208. The zero-order chi connectivity index (χ0) is 17.3. The van der Waals surface area contributed by atoms with Crippen LogP contribution >= 0.6 is 11.6 Å². The molecule has 1 fully saturated rings. The Hall–Kier alpha value is -1.83. The molecule has 0 spiro atoms. The molecule has 0 amide bonds. The van der Waals surface area contributed by atoms with Gasteiger partial charge in [-0.2, -0.15) is 5.26 Å². The maximum atomic E-state index is 9.45. The maximum absolute atomic E-state index is 9.45. The molecule has 1 aromatic carbocycles. The summed E-state index contributed by atoms with van der Waals surface area (Å²) in [5.41, 5.74) is 2.50. The third-order valence-electron chi connectivity index (χ3n) is 4.74. The van der Waals surface area contributed by atoms with Gasteiger partial charge in [-0.1, -0.05) is 11.6 Å². The second-order valence-corrected chi connectivity index (χ2v) is 7.83. The molecule has 4 nitrogen and oxygen atoms in total. The molecular weight excluding hydrogens is 320 g/mol. The van der Waals surface area contributed by atoms with Crippen molar-refractivity contribution in [2.24, 2.45) is 0 Å². The van der Waals surface area contributed by atoms with E-state index >= 15 is 0 Å². The van der Waals surface area contributed by atoms with Crippen molar-refractivity contribution < 1.29 is 0 Å². The minimum absolute atomic E-state index is 0.208. The first-order chi connectivity index (χ1) is 11.4. The number of aromatic nitrogens is 1. The van der Waals surface area contributed by atoms with Gasteiger partial charge in [0.25, 0.3) is 0 Å². The van der Waals surface area contributed by atoms with Crippen molar-refractivity contribution in [2.75, 3.05) is 18.4 Å². The smallest absolute Gasteiger partial charge is 0.103 e. The van der Waals surface area contributed by atoms with Gasteiger partial charge in [-0.15, -0.1) is 0 Å². The second kappa shape index (κ2) is 6.58. The van der Waals surface area contributed by atoms with Gasteiger partial charge in [0.1, 0.15) is 6.07 Å². The first kappa shape index (κ1) is 17.0. The van der Waals surface area contributed by atoms with Crippen molar-refractivity contribution >= 4 is 28.2 Å². The largest absolute Gasteiger partial charge is 0.381 e. The molecule has 0 aliphatic carbocycles. The van der Waals surface area contributed by atoms with Gasteiger partial charge >= 0.3 is 0 Å². The highest BCUT2D eigenvalue weighted by molar-refractivity contribution is 6.31. The van der Waals surface area contributed by atoms with E-state index in [0.29, 0.717) is 16.6 Å². The maximum Gasteiger partial charge on any atom is 0.103 e. The fourth-order valence-electron chi connectivity index (χ4n) is 3.30. The average Bonchev–Trinajstić information content (AvgIpc) is 2.55. The Labute approximate surface area is 148 Å². The highest BCUT2D eigenvalue weighted by Crippen LogP contribution is 2.30. The van der Waals surface area contributed by atoms with Crippen molar-refractivity contribution in [3.05, 3.63) is 35.0 Å². The van der Waals surface area contributed by atoms with Crippen molar-refractivity contribution in [3.63, 3.8) is 0 Å². The lowest BCUT2D eigenvalue weighted by Gasteiger charge is -2.41. The van der Waals surface area contributed by atoms with E-state index < -0.39 is 0 Å². The lowest BCUT2D eigenvalue weighted by Crippen LogP contribution is -2.48. The molecule has 0 atom stereocenters. The van der Waals surface area contributed by atoms with Crippen LogP contribution in [0.3, 0.4) is 0 Å². The van der Waals surface area contributed by atoms with Crippen LogP contribution in [0.5, 0.6) is 0 Å². The molecule has 24 heavy (non-hydrogen) atoms. The summed E-state index contributed by atoms with van der Waals surface area (Å²) in [7, 11) is 0. The molecule has 126 valence electrons. The normalized spacial score (nSPS) is 17.0. The van der Waals surface area contributed by atoms with Crippen molar-refractivity contribution in [3.8, 4) is 6.07 Å². The van der Waals surface area contributed by atoms with Gasteiger partial charge in [0.2, 0.25) is 0 Å². The van der Waals surface area contributed by atoms with Crippen molar-refractivity contribution in [2.45, 2.75) is 45.2 Å². The number of likely N-dealkylation sites (tertiary alicyclic amines) is 1. The number of nitrogens with one attached hydrogen (secondary N) is 1.